The molecule has 0 saturated heterocycles. The summed E-state index contributed by atoms with van der Waals surface area (Å²) < 4.78 is 5.53. The Labute approximate surface area is 103 Å². The Bertz CT molecular complexity index is 361. The monoisotopic (exact) mass is 235 g/mol. The van der Waals surface area contributed by atoms with Crippen molar-refractivity contribution in [2.75, 3.05) is 6.61 Å². The van der Waals surface area contributed by atoms with Crippen molar-refractivity contribution in [1.29, 1.82) is 0 Å². The second kappa shape index (κ2) is 5.61. The van der Waals surface area contributed by atoms with Gasteiger partial charge in [-0.3, -0.25) is 4.98 Å². The van der Waals surface area contributed by atoms with Gasteiger partial charge in [0.1, 0.15) is 0 Å². The molecule has 2 rings (SSSR count). The topological polar surface area (TPSA) is 42.4 Å². The predicted molar refractivity (Wildman–Crippen MR) is 66.7 cm³/mol. The highest BCUT2D eigenvalue weighted by Crippen LogP contribution is 2.37. The van der Waals surface area contributed by atoms with Crippen molar-refractivity contribution in [3.05, 3.63) is 29.6 Å². The molecule has 1 aliphatic rings. The van der Waals surface area contributed by atoms with Crippen molar-refractivity contribution < 1.29 is 9.84 Å². The van der Waals surface area contributed by atoms with Gasteiger partial charge in [0.25, 0.3) is 0 Å². The van der Waals surface area contributed by atoms with Crippen LogP contribution in [0.5, 0.6) is 0 Å². The molecule has 1 aromatic rings. The number of aromatic nitrogens is 1. The van der Waals surface area contributed by atoms with Crippen LogP contribution in [0.15, 0.2) is 18.5 Å². The molecule has 1 heterocycles. The van der Waals surface area contributed by atoms with Gasteiger partial charge in [-0.05, 0) is 50.7 Å². The van der Waals surface area contributed by atoms with E-state index in [1.807, 2.05) is 19.9 Å². The lowest BCUT2D eigenvalue weighted by molar-refractivity contribution is -0.0380. The molecular formula is C14H21NO2. The van der Waals surface area contributed by atoms with Crippen LogP contribution in [-0.4, -0.2) is 22.8 Å². The zero-order valence-corrected chi connectivity index (χ0v) is 10.6. The molecule has 1 aliphatic carbocycles. The highest BCUT2D eigenvalue weighted by Gasteiger charge is 2.31. The molecule has 0 bridgehead atoms. The average molecular weight is 235 g/mol. The number of nitrogens with zero attached hydrogens (tertiary/aromatic N) is 1. The first kappa shape index (κ1) is 12.5. The van der Waals surface area contributed by atoms with Gasteiger partial charge in [-0.25, -0.2) is 0 Å². The lowest BCUT2D eigenvalue weighted by Crippen LogP contribution is -2.32. The van der Waals surface area contributed by atoms with Crippen molar-refractivity contribution in [1.82, 2.24) is 4.98 Å². The van der Waals surface area contributed by atoms with E-state index in [1.165, 1.54) is 0 Å². The SMILES string of the molecule is CCOC1CC(CC(O)c2cnccc2C)C1. The van der Waals surface area contributed by atoms with Crippen molar-refractivity contribution in [2.45, 2.75) is 45.3 Å². The number of pyridine rings is 1. The molecule has 1 saturated carbocycles. The Balaban J connectivity index is 1.83. The first-order chi connectivity index (χ1) is 8.20. The van der Waals surface area contributed by atoms with Crippen molar-refractivity contribution in [2.24, 2.45) is 5.92 Å². The molecule has 0 radical (unpaired) electrons. The summed E-state index contributed by atoms with van der Waals surface area (Å²) in [5.74, 6) is 0.598. The second-order valence-electron chi connectivity index (χ2n) is 4.90. The first-order valence-corrected chi connectivity index (χ1v) is 6.40. The molecule has 94 valence electrons. The molecule has 0 spiro atoms. The minimum absolute atomic E-state index is 0.378. The second-order valence-corrected chi connectivity index (χ2v) is 4.90. The van der Waals surface area contributed by atoms with Crippen LogP contribution in [0.1, 0.15) is 43.4 Å². The van der Waals surface area contributed by atoms with E-state index < -0.39 is 0 Å². The van der Waals surface area contributed by atoms with Crippen LogP contribution in [0.4, 0.5) is 0 Å². The van der Waals surface area contributed by atoms with Gasteiger partial charge in [-0.2, -0.15) is 0 Å². The lowest BCUT2D eigenvalue weighted by atomic mass is 9.77. The van der Waals surface area contributed by atoms with Crippen LogP contribution in [0, 0.1) is 12.8 Å². The number of aryl methyl sites for hydroxylation is 1. The Kier molecular flexibility index (Phi) is 4.13. The third kappa shape index (κ3) is 3.05. The number of ether oxygens (including phenoxy) is 1. The fourth-order valence-electron chi connectivity index (χ4n) is 2.51. The Hall–Kier alpha value is -0.930. The highest BCUT2D eigenvalue weighted by atomic mass is 16.5. The van der Waals surface area contributed by atoms with E-state index in [9.17, 15) is 5.11 Å². The van der Waals surface area contributed by atoms with E-state index in [0.29, 0.717) is 12.0 Å². The normalized spacial score (nSPS) is 25.4. The highest BCUT2D eigenvalue weighted by molar-refractivity contribution is 5.23. The summed E-state index contributed by atoms with van der Waals surface area (Å²) in [7, 11) is 0. The third-order valence-electron chi connectivity index (χ3n) is 3.59. The lowest BCUT2D eigenvalue weighted by Gasteiger charge is -2.36. The largest absolute Gasteiger partial charge is 0.388 e. The van der Waals surface area contributed by atoms with Crippen molar-refractivity contribution in [3.63, 3.8) is 0 Å². The van der Waals surface area contributed by atoms with Gasteiger partial charge in [-0.1, -0.05) is 0 Å². The van der Waals surface area contributed by atoms with E-state index in [-0.39, 0.29) is 6.10 Å². The summed E-state index contributed by atoms with van der Waals surface area (Å²) in [6.45, 7) is 4.84. The molecule has 0 aromatic carbocycles. The van der Waals surface area contributed by atoms with E-state index in [0.717, 1.165) is 37.0 Å². The fourth-order valence-corrected chi connectivity index (χ4v) is 2.51. The van der Waals surface area contributed by atoms with Crippen LogP contribution < -0.4 is 0 Å². The van der Waals surface area contributed by atoms with Crippen molar-refractivity contribution >= 4 is 0 Å². The van der Waals surface area contributed by atoms with Gasteiger partial charge >= 0.3 is 0 Å². The number of hydrogen-bond acceptors (Lipinski definition) is 3. The molecule has 1 fully saturated rings. The first-order valence-electron chi connectivity index (χ1n) is 6.40. The summed E-state index contributed by atoms with van der Waals surface area (Å²) >= 11 is 0. The third-order valence-corrected chi connectivity index (χ3v) is 3.59. The summed E-state index contributed by atoms with van der Waals surface area (Å²) in [5.41, 5.74) is 2.08. The van der Waals surface area contributed by atoms with Gasteiger partial charge in [0.15, 0.2) is 0 Å². The van der Waals surface area contributed by atoms with Crippen LogP contribution >= 0.6 is 0 Å². The summed E-state index contributed by atoms with van der Waals surface area (Å²) in [5, 5.41) is 10.2. The Morgan fingerprint density at radius 2 is 2.29 bits per heavy atom. The molecule has 1 unspecified atom stereocenters. The molecule has 1 atom stereocenters. The van der Waals surface area contributed by atoms with E-state index in [4.69, 9.17) is 4.74 Å². The van der Waals surface area contributed by atoms with Crippen LogP contribution in [0.25, 0.3) is 0 Å². The smallest absolute Gasteiger partial charge is 0.0810 e. The maximum atomic E-state index is 10.2. The Morgan fingerprint density at radius 3 is 2.94 bits per heavy atom. The Morgan fingerprint density at radius 1 is 1.53 bits per heavy atom. The molecule has 0 amide bonds. The predicted octanol–water partition coefficient (Wildman–Crippen LogP) is 2.63. The number of hydrogen-bond donors (Lipinski definition) is 1. The quantitative estimate of drug-likeness (QED) is 0.853. The number of rotatable bonds is 5. The fraction of sp³-hybridized carbons (Fsp3) is 0.643. The maximum absolute atomic E-state index is 10.2. The zero-order chi connectivity index (χ0) is 12.3. The van der Waals surface area contributed by atoms with Crippen LogP contribution in [0.2, 0.25) is 0 Å². The number of aliphatic hydroxyl groups is 1. The van der Waals surface area contributed by atoms with E-state index in [2.05, 4.69) is 4.98 Å². The molecule has 0 aliphatic heterocycles. The molecule has 1 aromatic heterocycles. The van der Waals surface area contributed by atoms with Gasteiger partial charge in [0.2, 0.25) is 0 Å². The standard InChI is InChI=1S/C14H21NO2/c1-3-17-12-6-11(7-12)8-14(16)13-9-15-5-4-10(13)2/h4-5,9,11-12,14,16H,3,6-8H2,1-2H3. The molecule has 1 N–H and O–H groups in total. The molecular weight excluding hydrogens is 214 g/mol. The summed E-state index contributed by atoms with van der Waals surface area (Å²) in [6.07, 6.45) is 6.59. The zero-order valence-electron chi connectivity index (χ0n) is 10.6. The average Bonchev–Trinajstić information content (AvgIpc) is 2.26. The minimum atomic E-state index is -0.378. The van der Waals surface area contributed by atoms with Crippen molar-refractivity contribution in [3.8, 4) is 0 Å². The molecule has 3 nitrogen and oxygen atoms in total. The molecule has 3 heteroatoms. The molecule has 17 heavy (non-hydrogen) atoms. The van der Waals surface area contributed by atoms with Crippen LogP contribution in [-0.2, 0) is 4.74 Å². The number of aliphatic hydroxyl groups excluding tert-OH is 1. The minimum Gasteiger partial charge on any atom is -0.388 e. The van der Waals surface area contributed by atoms with E-state index >= 15 is 0 Å². The van der Waals surface area contributed by atoms with Gasteiger partial charge in [-0.15, -0.1) is 0 Å². The van der Waals surface area contributed by atoms with E-state index in [1.54, 1.807) is 12.4 Å². The van der Waals surface area contributed by atoms with Gasteiger partial charge in [0, 0.05) is 24.6 Å². The van der Waals surface area contributed by atoms with Gasteiger partial charge in [0.05, 0.1) is 12.2 Å². The van der Waals surface area contributed by atoms with Crippen LogP contribution in [0.3, 0.4) is 0 Å². The summed E-state index contributed by atoms with van der Waals surface area (Å²) in [6, 6.07) is 1.95. The van der Waals surface area contributed by atoms with Gasteiger partial charge < -0.3 is 9.84 Å². The maximum Gasteiger partial charge on any atom is 0.0810 e. The summed E-state index contributed by atoms with van der Waals surface area (Å²) in [4.78, 5) is 4.08.